The second-order valence-corrected chi connectivity index (χ2v) is 5.33. The number of benzene rings is 1. The number of rotatable bonds is 5. The lowest BCUT2D eigenvalue weighted by molar-refractivity contribution is -0.121. The maximum Gasteiger partial charge on any atom is 0.223 e. The van der Waals surface area contributed by atoms with Gasteiger partial charge in [0, 0.05) is 6.54 Å². The van der Waals surface area contributed by atoms with Gasteiger partial charge in [0.05, 0.1) is 13.0 Å². The molecule has 0 fully saturated rings. The molecule has 100 valence electrons. The summed E-state index contributed by atoms with van der Waals surface area (Å²) in [6.07, 6.45) is 0.398. The predicted octanol–water partition coefficient (Wildman–Crippen LogP) is 2.89. The van der Waals surface area contributed by atoms with E-state index in [0.717, 1.165) is 5.75 Å². The molecule has 1 aromatic rings. The van der Waals surface area contributed by atoms with Gasteiger partial charge in [0.25, 0.3) is 0 Å². The van der Waals surface area contributed by atoms with Crippen LogP contribution >= 0.6 is 0 Å². The SMILES string of the molecule is CCNC(=O)CCOc1ccc(C(C)(C)C)cc1. The maximum absolute atomic E-state index is 11.2. The van der Waals surface area contributed by atoms with Crippen LogP contribution in [0.15, 0.2) is 24.3 Å². The van der Waals surface area contributed by atoms with Crippen LogP contribution in [-0.2, 0) is 10.2 Å². The number of nitrogens with one attached hydrogen (secondary N) is 1. The number of carbonyl (C=O) groups excluding carboxylic acids is 1. The lowest BCUT2D eigenvalue weighted by Crippen LogP contribution is -2.24. The van der Waals surface area contributed by atoms with Gasteiger partial charge < -0.3 is 10.1 Å². The van der Waals surface area contributed by atoms with Gasteiger partial charge >= 0.3 is 0 Å². The van der Waals surface area contributed by atoms with Gasteiger partial charge in [-0.2, -0.15) is 0 Å². The molecule has 0 saturated carbocycles. The molecular formula is C15H23NO2. The Morgan fingerprint density at radius 2 is 1.83 bits per heavy atom. The highest BCUT2D eigenvalue weighted by molar-refractivity contribution is 5.75. The van der Waals surface area contributed by atoms with Crippen molar-refractivity contribution in [1.29, 1.82) is 0 Å². The molecule has 0 aliphatic rings. The second-order valence-electron chi connectivity index (χ2n) is 5.33. The Morgan fingerprint density at radius 1 is 1.22 bits per heavy atom. The molecular weight excluding hydrogens is 226 g/mol. The summed E-state index contributed by atoms with van der Waals surface area (Å²) in [6.45, 7) is 9.53. The fraction of sp³-hybridized carbons (Fsp3) is 0.533. The van der Waals surface area contributed by atoms with Gasteiger partial charge in [0.2, 0.25) is 5.91 Å². The zero-order valence-electron chi connectivity index (χ0n) is 11.7. The van der Waals surface area contributed by atoms with E-state index >= 15 is 0 Å². The van der Waals surface area contributed by atoms with Crippen LogP contribution in [-0.4, -0.2) is 19.1 Å². The number of ether oxygens (including phenoxy) is 1. The number of hydrogen-bond acceptors (Lipinski definition) is 2. The van der Waals surface area contributed by atoms with Crippen LogP contribution in [0.4, 0.5) is 0 Å². The van der Waals surface area contributed by atoms with Crippen LogP contribution < -0.4 is 10.1 Å². The monoisotopic (exact) mass is 249 g/mol. The molecule has 1 amide bonds. The molecule has 3 nitrogen and oxygen atoms in total. The van der Waals surface area contributed by atoms with E-state index in [0.29, 0.717) is 19.6 Å². The van der Waals surface area contributed by atoms with E-state index in [1.54, 1.807) is 0 Å². The van der Waals surface area contributed by atoms with E-state index in [1.165, 1.54) is 5.56 Å². The van der Waals surface area contributed by atoms with Crippen molar-refractivity contribution in [1.82, 2.24) is 5.32 Å². The molecule has 0 radical (unpaired) electrons. The molecule has 18 heavy (non-hydrogen) atoms. The van der Waals surface area contributed by atoms with Crippen LogP contribution in [0.5, 0.6) is 5.75 Å². The number of carbonyl (C=O) groups is 1. The van der Waals surface area contributed by atoms with Gasteiger partial charge in [-0.3, -0.25) is 4.79 Å². The van der Waals surface area contributed by atoms with Crippen LogP contribution in [0, 0.1) is 0 Å². The first-order valence-electron chi connectivity index (χ1n) is 6.43. The fourth-order valence-corrected chi connectivity index (χ4v) is 1.60. The van der Waals surface area contributed by atoms with Crippen molar-refractivity contribution < 1.29 is 9.53 Å². The van der Waals surface area contributed by atoms with E-state index in [2.05, 4.69) is 38.2 Å². The van der Waals surface area contributed by atoms with Gasteiger partial charge in [-0.15, -0.1) is 0 Å². The third kappa shape index (κ3) is 4.78. The molecule has 0 saturated heterocycles. The zero-order valence-corrected chi connectivity index (χ0v) is 11.7. The topological polar surface area (TPSA) is 38.3 Å². The minimum absolute atomic E-state index is 0.0313. The summed E-state index contributed by atoms with van der Waals surface area (Å²) >= 11 is 0. The molecule has 0 atom stereocenters. The average Bonchev–Trinajstić information content (AvgIpc) is 2.29. The number of hydrogen-bond donors (Lipinski definition) is 1. The fourth-order valence-electron chi connectivity index (χ4n) is 1.60. The van der Waals surface area contributed by atoms with Crippen LogP contribution in [0.1, 0.15) is 39.7 Å². The summed E-state index contributed by atoms with van der Waals surface area (Å²) in [4.78, 5) is 11.2. The Balaban J connectivity index is 2.42. The highest BCUT2D eigenvalue weighted by Crippen LogP contribution is 2.24. The van der Waals surface area contributed by atoms with E-state index in [4.69, 9.17) is 4.74 Å². The highest BCUT2D eigenvalue weighted by Gasteiger charge is 2.12. The van der Waals surface area contributed by atoms with Gasteiger partial charge in [-0.25, -0.2) is 0 Å². The van der Waals surface area contributed by atoms with Crippen molar-refractivity contribution in [2.24, 2.45) is 0 Å². The Kier molecular flexibility index (Phi) is 5.20. The van der Waals surface area contributed by atoms with Crippen LogP contribution in [0.2, 0.25) is 0 Å². The Morgan fingerprint density at radius 3 is 2.33 bits per heavy atom. The first-order valence-corrected chi connectivity index (χ1v) is 6.43. The summed E-state index contributed by atoms with van der Waals surface area (Å²) in [5, 5.41) is 2.74. The quantitative estimate of drug-likeness (QED) is 0.871. The van der Waals surface area contributed by atoms with Crippen molar-refractivity contribution in [3.05, 3.63) is 29.8 Å². The summed E-state index contributed by atoms with van der Waals surface area (Å²) < 4.78 is 5.53. The van der Waals surface area contributed by atoms with Gasteiger partial charge in [0.15, 0.2) is 0 Å². The molecule has 0 aromatic heterocycles. The predicted molar refractivity (Wildman–Crippen MR) is 73.9 cm³/mol. The van der Waals surface area contributed by atoms with E-state index < -0.39 is 0 Å². The van der Waals surface area contributed by atoms with Gasteiger partial charge in [0.1, 0.15) is 5.75 Å². The molecule has 0 spiro atoms. The normalized spacial score (nSPS) is 11.1. The minimum Gasteiger partial charge on any atom is -0.493 e. The minimum atomic E-state index is 0.0313. The lowest BCUT2D eigenvalue weighted by Gasteiger charge is -2.19. The Bertz CT molecular complexity index is 376. The first-order chi connectivity index (χ1) is 8.43. The number of amides is 1. The summed E-state index contributed by atoms with van der Waals surface area (Å²) in [7, 11) is 0. The third-order valence-corrected chi connectivity index (χ3v) is 2.69. The Hall–Kier alpha value is -1.51. The van der Waals surface area contributed by atoms with Crippen molar-refractivity contribution in [3.8, 4) is 5.75 Å². The smallest absolute Gasteiger partial charge is 0.223 e. The van der Waals surface area contributed by atoms with E-state index in [9.17, 15) is 4.79 Å². The van der Waals surface area contributed by atoms with Crippen LogP contribution in [0.3, 0.4) is 0 Å². The Labute approximate surface area is 110 Å². The summed E-state index contributed by atoms with van der Waals surface area (Å²) in [5.41, 5.74) is 1.43. The lowest BCUT2D eigenvalue weighted by atomic mass is 9.87. The second kappa shape index (κ2) is 6.43. The van der Waals surface area contributed by atoms with Crippen LogP contribution in [0.25, 0.3) is 0 Å². The summed E-state index contributed by atoms with van der Waals surface area (Å²) in [6, 6.07) is 8.06. The van der Waals surface area contributed by atoms with Gasteiger partial charge in [-0.1, -0.05) is 32.9 Å². The molecule has 0 bridgehead atoms. The van der Waals surface area contributed by atoms with Crippen molar-refractivity contribution in [3.63, 3.8) is 0 Å². The van der Waals surface area contributed by atoms with Gasteiger partial charge in [-0.05, 0) is 30.0 Å². The maximum atomic E-state index is 11.2. The largest absolute Gasteiger partial charge is 0.493 e. The van der Waals surface area contributed by atoms with Crippen molar-refractivity contribution in [2.45, 2.75) is 39.5 Å². The van der Waals surface area contributed by atoms with Crippen molar-refractivity contribution >= 4 is 5.91 Å². The van der Waals surface area contributed by atoms with E-state index in [-0.39, 0.29) is 11.3 Å². The first kappa shape index (κ1) is 14.6. The molecule has 1 N–H and O–H groups in total. The molecule has 0 unspecified atom stereocenters. The molecule has 0 aliphatic carbocycles. The van der Waals surface area contributed by atoms with Crippen molar-refractivity contribution in [2.75, 3.05) is 13.2 Å². The molecule has 0 heterocycles. The highest BCUT2D eigenvalue weighted by atomic mass is 16.5. The zero-order chi connectivity index (χ0) is 13.6. The summed E-state index contributed by atoms with van der Waals surface area (Å²) in [5.74, 6) is 0.844. The van der Waals surface area contributed by atoms with E-state index in [1.807, 2.05) is 19.1 Å². The third-order valence-electron chi connectivity index (χ3n) is 2.69. The molecule has 3 heteroatoms. The standard InChI is InChI=1S/C15H23NO2/c1-5-16-14(17)10-11-18-13-8-6-12(7-9-13)15(2,3)4/h6-9H,5,10-11H2,1-4H3,(H,16,17). The average molecular weight is 249 g/mol. The molecule has 0 aliphatic heterocycles. The molecule has 1 rings (SSSR count). The molecule has 1 aromatic carbocycles.